The van der Waals surface area contributed by atoms with Gasteiger partial charge in [-0.1, -0.05) is 62.4 Å². The number of hydrogen-bond donors (Lipinski definition) is 11. The maximum atomic E-state index is 14.1. The molecule has 0 aliphatic rings. The second-order valence-corrected chi connectivity index (χ2v) is 15.7. The van der Waals surface area contributed by atoms with Gasteiger partial charge in [0.05, 0.1) is 11.6 Å². The fourth-order valence-electron chi connectivity index (χ4n) is 6.17. The van der Waals surface area contributed by atoms with Crippen molar-refractivity contribution in [3.05, 3.63) is 71.3 Å². The van der Waals surface area contributed by atoms with Gasteiger partial charge in [0, 0.05) is 13.0 Å². The molecule has 0 heterocycles. The van der Waals surface area contributed by atoms with E-state index in [-0.39, 0.29) is 49.7 Å². The SMILES string of the molecule is CC(C)C[C@H](NC(=O)[C@@H](N)Cc1ccccc1C(F)(F)F)C(=O)N[C@@H](Cc1ccccc1)C(=O)N[C@@H](CCCN=C(N)N)C(=O)N[C@@H](C)C(=O)N[C@@H](C)C(=O)N[C@@H](C)C(=O)NCC(=O)O. The van der Waals surface area contributed by atoms with Gasteiger partial charge in [-0.25, -0.2) is 0 Å². The number of halogens is 3. The fourth-order valence-corrected chi connectivity index (χ4v) is 6.17. The van der Waals surface area contributed by atoms with Crippen LogP contribution in [0, 0.1) is 5.92 Å². The first kappa shape index (κ1) is 54.4. The van der Waals surface area contributed by atoms with E-state index < -0.39 is 114 Å². The smallest absolute Gasteiger partial charge is 0.416 e. The van der Waals surface area contributed by atoms with Crippen LogP contribution >= 0.6 is 0 Å². The van der Waals surface area contributed by atoms with Crippen molar-refractivity contribution in [1.29, 1.82) is 0 Å². The number of carboxylic acid groups (broad SMARTS) is 1. The standard InChI is InChI=1S/C42H60F3N11O9/c1-22(2)18-31(55-37(62)29(46)20-27-14-9-10-15-28(27)42(43,44)45)39(64)56-32(19-26-12-7-6-8-13-26)40(65)54-30(16-11-17-49-41(47)48)38(63)53-25(5)36(61)52-24(4)35(60)51-23(3)34(59)50-21-33(57)58/h6-10,12-15,22-25,29-32H,11,16-21,46H2,1-5H3,(H,50,59)(H,51,60)(H,52,61)(H,53,63)(H,54,65)(H,55,62)(H,56,64)(H,57,58)(H4,47,48,49)/t23-,24-,25-,29-,30-,31-,32-/m0/s1. The fraction of sp³-hybridized carbons (Fsp3) is 0.500. The van der Waals surface area contributed by atoms with Crippen LogP contribution in [-0.2, 0) is 57.4 Å². The lowest BCUT2D eigenvalue weighted by Gasteiger charge is -2.27. The number of guanidine groups is 1. The molecule has 7 amide bonds. The van der Waals surface area contributed by atoms with Crippen molar-refractivity contribution >= 4 is 53.3 Å². The van der Waals surface area contributed by atoms with Crippen molar-refractivity contribution in [2.24, 2.45) is 28.1 Å². The molecule has 0 aliphatic carbocycles. The molecule has 65 heavy (non-hydrogen) atoms. The molecule has 7 atom stereocenters. The Morgan fingerprint density at radius 2 is 1.12 bits per heavy atom. The molecule has 14 N–H and O–H groups in total. The van der Waals surface area contributed by atoms with Gasteiger partial charge in [-0.15, -0.1) is 0 Å². The Labute approximate surface area is 374 Å². The molecule has 0 bridgehead atoms. The summed E-state index contributed by atoms with van der Waals surface area (Å²) in [7, 11) is 0. The molecule has 358 valence electrons. The van der Waals surface area contributed by atoms with Gasteiger partial charge in [-0.2, -0.15) is 13.2 Å². The number of nitrogens with one attached hydrogen (secondary N) is 7. The summed E-state index contributed by atoms with van der Waals surface area (Å²) in [5.74, 6) is -7.55. The minimum absolute atomic E-state index is 0.0420. The van der Waals surface area contributed by atoms with Crippen LogP contribution in [0.25, 0.3) is 0 Å². The number of carbonyl (C=O) groups is 8. The predicted octanol–water partition coefficient (Wildman–Crippen LogP) is -0.913. The van der Waals surface area contributed by atoms with Gasteiger partial charge < -0.3 is 59.5 Å². The lowest BCUT2D eigenvalue weighted by Crippen LogP contribution is -2.59. The highest BCUT2D eigenvalue weighted by molar-refractivity contribution is 5.97. The van der Waals surface area contributed by atoms with E-state index in [1.807, 2.05) is 0 Å². The summed E-state index contributed by atoms with van der Waals surface area (Å²) in [5.41, 5.74) is 16.4. The maximum Gasteiger partial charge on any atom is 0.416 e. The number of rotatable bonds is 25. The molecule has 0 aromatic heterocycles. The van der Waals surface area contributed by atoms with Gasteiger partial charge >= 0.3 is 12.1 Å². The molecule has 0 fully saturated rings. The average molecular weight is 920 g/mol. The third kappa shape index (κ3) is 19.7. The molecule has 0 radical (unpaired) electrons. The summed E-state index contributed by atoms with van der Waals surface area (Å²) >= 11 is 0. The number of alkyl halides is 3. The van der Waals surface area contributed by atoms with Crippen LogP contribution in [0.15, 0.2) is 59.6 Å². The molecule has 2 rings (SSSR count). The predicted molar refractivity (Wildman–Crippen MR) is 232 cm³/mol. The van der Waals surface area contributed by atoms with Crippen molar-refractivity contribution in [2.75, 3.05) is 13.1 Å². The molecule has 0 saturated carbocycles. The van der Waals surface area contributed by atoms with E-state index in [1.54, 1.807) is 44.2 Å². The molecule has 0 unspecified atom stereocenters. The van der Waals surface area contributed by atoms with Crippen LogP contribution in [0.1, 0.15) is 70.6 Å². The highest BCUT2D eigenvalue weighted by Gasteiger charge is 2.35. The number of nitrogens with two attached hydrogens (primary N) is 3. The van der Waals surface area contributed by atoms with Crippen molar-refractivity contribution in [1.82, 2.24) is 37.2 Å². The Morgan fingerprint density at radius 3 is 1.68 bits per heavy atom. The first-order valence-corrected chi connectivity index (χ1v) is 20.7. The van der Waals surface area contributed by atoms with Gasteiger partial charge in [-0.3, -0.25) is 43.3 Å². The zero-order chi connectivity index (χ0) is 49.0. The topological polar surface area (TPSA) is 331 Å². The summed E-state index contributed by atoms with van der Waals surface area (Å²) in [5, 5.41) is 25.9. The van der Waals surface area contributed by atoms with E-state index in [4.69, 9.17) is 22.3 Å². The normalized spacial score (nSPS) is 14.4. The van der Waals surface area contributed by atoms with E-state index in [0.29, 0.717) is 5.56 Å². The molecule has 20 nitrogen and oxygen atoms in total. The summed E-state index contributed by atoms with van der Waals surface area (Å²) < 4.78 is 41.0. The summed E-state index contributed by atoms with van der Waals surface area (Å²) in [4.78, 5) is 108. The third-order valence-electron chi connectivity index (χ3n) is 9.60. The lowest BCUT2D eigenvalue weighted by molar-refractivity contribution is -0.139. The highest BCUT2D eigenvalue weighted by Crippen LogP contribution is 2.32. The molecule has 0 saturated heterocycles. The molecule has 0 aliphatic heterocycles. The van der Waals surface area contributed by atoms with Gasteiger partial charge in [0.1, 0.15) is 42.8 Å². The highest BCUT2D eigenvalue weighted by atomic mass is 19.4. The van der Waals surface area contributed by atoms with Crippen LogP contribution in [0.5, 0.6) is 0 Å². The minimum Gasteiger partial charge on any atom is -0.480 e. The van der Waals surface area contributed by atoms with Crippen molar-refractivity contribution < 1.29 is 56.6 Å². The van der Waals surface area contributed by atoms with Gasteiger partial charge in [-0.05, 0) is 69.6 Å². The number of aliphatic carboxylic acids is 1. The van der Waals surface area contributed by atoms with E-state index >= 15 is 0 Å². The third-order valence-corrected chi connectivity index (χ3v) is 9.60. The quantitative estimate of drug-likeness (QED) is 0.0328. The number of benzene rings is 2. The zero-order valence-electron chi connectivity index (χ0n) is 36.8. The number of carbonyl (C=O) groups excluding carboxylic acids is 7. The first-order chi connectivity index (χ1) is 30.4. The Kier molecular flexibility index (Phi) is 21.8. The molecular formula is C42H60F3N11O9. The number of carboxylic acids is 1. The van der Waals surface area contributed by atoms with Gasteiger partial charge in [0.25, 0.3) is 0 Å². The van der Waals surface area contributed by atoms with E-state index in [2.05, 4.69) is 42.2 Å². The molecule has 23 heteroatoms. The number of amides is 7. The van der Waals surface area contributed by atoms with E-state index in [1.165, 1.54) is 39.0 Å². The second-order valence-electron chi connectivity index (χ2n) is 15.7. The largest absolute Gasteiger partial charge is 0.480 e. The first-order valence-electron chi connectivity index (χ1n) is 20.7. The van der Waals surface area contributed by atoms with Crippen LogP contribution in [-0.4, -0.2) is 114 Å². The van der Waals surface area contributed by atoms with E-state index in [0.717, 1.165) is 6.07 Å². The Hall–Kier alpha value is -6.78. The average Bonchev–Trinajstić information content (AvgIpc) is 3.22. The second kappa shape index (κ2) is 26.1. The zero-order valence-corrected chi connectivity index (χ0v) is 36.8. The minimum atomic E-state index is -4.70. The number of nitrogens with zero attached hydrogens (tertiary/aromatic N) is 1. The Balaban J connectivity index is 2.30. The Bertz CT molecular complexity index is 2000. The lowest BCUT2D eigenvalue weighted by atomic mass is 9.98. The van der Waals surface area contributed by atoms with Crippen LogP contribution in [0.2, 0.25) is 0 Å². The van der Waals surface area contributed by atoms with Crippen LogP contribution < -0.4 is 54.4 Å². The molecule has 2 aromatic carbocycles. The maximum absolute atomic E-state index is 14.1. The van der Waals surface area contributed by atoms with Gasteiger partial charge in [0.2, 0.25) is 41.4 Å². The van der Waals surface area contributed by atoms with Crippen molar-refractivity contribution in [2.45, 2.75) is 115 Å². The summed E-state index contributed by atoms with van der Waals surface area (Å²) in [6.07, 6.45) is -5.17. The van der Waals surface area contributed by atoms with Gasteiger partial charge in [0.15, 0.2) is 5.96 Å². The number of aliphatic imine (C=N–C) groups is 1. The molecule has 0 spiro atoms. The monoisotopic (exact) mass is 919 g/mol. The van der Waals surface area contributed by atoms with Crippen LogP contribution in [0.4, 0.5) is 13.2 Å². The van der Waals surface area contributed by atoms with Crippen molar-refractivity contribution in [3.63, 3.8) is 0 Å². The summed E-state index contributed by atoms with van der Waals surface area (Å²) in [6.45, 7) is 6.80. The Morgan fingerprint density at radius 1 is 0.631 bits per heavy atom. The number of hydrogen-bond acceptors (Lipinski definition) is 10. The van der Waals surface area contributed by atoms with E-state index in [9.17, 15) is 51.5 Å². The summed E-state index contributed by atoms with van der Waals surface area (Å²) in [6, 6.07) is 3.99. The van der Waals surface area contributed by atoms with Crippen LogP contribution in [0.3, 0.4) is 0 Å². The van der Waals surface area contributed by atoms with Crippen molar-refractivity contribution in [3.8, 4) is 0 Å². The molecular weight excluding hydrogens is 860 g/mol. The molecule has 2 aromatic rings.